The minimum absolute atomic E-state index is 0.0142. The highest BCUT2D eigenvalue weighted by Gasteiger charge is 2.40. The number of nitrogens with one attached hydrogen (secondary N) is 1. The largest absolute Gasteiger partial charge is 0.384 e. The zero-order valence-electron chi connectivity index (χ0n) is 22.8. The second-order valence-electron chi connectivity index (χ2n) is 11.8. The summed E-state index contributed by atoms with van der Waals surface area (Å²) in [4.78, 5) is 30.1. The van der Waals surface area contributed by atoms with Crippen molar-refractivity contribution in [2.75, 3.05) is 34.8 Å². The van der Waals surface area contributed by atoms with Crippen LogP contribution >= 0.6 is 0 Å². The maximum Gasteiger partial charge on any atom is 0.256 e. The van der Waals surface area contributed by atoms with E-state index >= 15 is 0 Å². The molecule has 4 atom stereocenters. The zero-order valence-corrected chi connectivity index (χ0v) is 22.8. The molecule has 6 rings (SSSR count). The molecule has 1 aliphatic carbocycles. The molecule has 0 radical (unpaired) electrons. The van der Waals surface area contributed by atoms with Crippen LogP contribution < -0.4 is 15.1 Å². The van der Waals surface area contributed by atoms with Crippen LogP contribution in [0, 0.1) is 5.92 Å². The Morgan fingerprint density at radius 3 is 2.47 bits per heavy atom. The van der Waals surface area contributed by atoms with Gasteiger partial charge in [-0.25, -0.2) is 0 Å². The van der Waals surface area contributed by atoms with Gasteiger partial charge in [-0.15, -0.1) is 0 Å². The number of para-hydroxylation sites is 1. The molecule has 2 amide bonds. The third kappa shape index (κ3) is 4.61. The molecule has 3 aliphatic heterocycles. The summed E-state index contributed by atoms with van der Waals surface area (Å²) in [7, 11) is 0. The van der Waals surface area contributed by atoms with Gasteiger partial charge >= 0.3 is 0 Å². The van der Waals surface area contributed by atoms with Gasteiger partial charge in [-0.05, 0) is 73.8 Å². The molecule has 1 saturated heterocycles. The van der Waals surface area contributed by atoms with E-state index in [2.05, 4.69) is 47.8 Å². The molecule has 1 N–H and O–H groups in total. The Morgan fingerprint density at radius 1 is 0.947 bits per heavy atom. The van der Waals surface area contributed by atoms with Crippen molar-refractivity contribution in [1.82, 2.24) is 0 Å². The predicted octanol–water partition coefficient (Wildman–Crippen LogP) is 6.22. The Kier molecular flexibility index (Phi) is 7.17. The molecule has 2 fully saturated rings. The Balaban J connectivity index is 1.42. The molecule has 0 bridgehead atoms. The minimum Gasteiger partial charge on any atom is -0.384 e. The summed E-state index contributed by atoms with van der Waals surface area (Å²) in [5.41, 5.74) is 5.64. The van der Waals surface area contributed by atoms with E-state index in [9.17, 15) is 9.59 Å². The summed E-state index contributed by atoms with van der Waals surface area (Å²) in [5.74, 6) is 1.45. The molecule has 4 aliphatic rings. The van der Waals surface area contributed by atoms with Crippen molar-refractivity contribution in [3.63, 3.8) is 0 Å². The van der Waals surface area contributed by atoms with Gasteiger partial charge in [0.25, 0.3) is 5.91 Å². The van der Waals surface area contributed by atoms with Gasteiger partial charge in [-0.3, -0.25) is 9.59 Å². The lowest BCUT2D eigenvalue weighted by atomic mass is 9.69. The number of benzene rings is 2. The number of ether oxygens (including phenoxy) is 1. The summed E-state index contributed by atoms with van der Waals surface area (Å²) >= 11 is 0. The first kappa shape index (κ1) is 25.4. The molecule has 1 saturated carbocycles. The van der Waals surface area contributed by atoms with Crippen LogP contribution in [-0.2, 0) is 14.3 Å². The summed E-state index contributed by atoms with van der Waals surface area (Å²) in [6, 6.07) is 15.3. The van der Waals surface area contributed by atoms with Crippen LogP contribution in [0.25, 0.3) is 0 Å². The van der Waals surface area contributed by atoms with Crippen LogP contribution in [0.15, 0.2) is 42.5 Å². The van der Waals surface area contributed by atoms with E-state index in [4.69, 9.17) is 4.74 Å². The molecule has 2 aromatic rings. The molecule has 0 spiro atoms. The highest BCUT2D eigenvalue weighted by atomic mass is 16.5. The highest BCUT2D eigenvalue weighted by molar-refractivity contribution is 6.05. The molecular weight excluding hydrogens is 474 g/mol. The number of nitrogens with zero attached hydrogens (tertiary/aromatic N) is 2. The fourth-order valence-electron chi connectivity index (χ4n) is 7.60. The van der Waals surface area contributed by atoms with Gasteiger partial charge in [-0.1, -0.05) is 49.9 Å². The van der Waals surface area contributed by atoms with Crippen LogP contribution in [0.2, 0.25) is 0 Å². The Hall–Kier alpha value is -2.86. The van der Waals surface area contributed by atoms with E-state index in [0.29, 0.717) is 30.9 Å². The van der Waals surface area contributed by atoms with Crippen LogP contribution in [-0.4, -0.2) is 43.7 Å². The molecule has 3 unspecified atom stereocenters. The number of anilines is 3. The molecular formula is C32H41N3O3. The van der Waals surface area contributed by atoms with Crippen molar-refractivity contribution in [3.05, 3.63) is 53.6 Å². The highest BCUT2D eigenvalue weighted by Crippen LogP contribution is 2.50. The number of hydrogen-bond acceptors (Lipinski definition) is 4. The van der Waals surface area contributed by atoms with Crippen molar-refractivity contribution >= 4 is 28.9 Å². The second-order valence-corrected chi connectivity index (χ2v) is 11.8. The lowest BCUT2D eigenvalue weighted by Crippen LogP contribution is -2.53. The first-order valence-corrected chi connectivity index (χ1v) is 14.7. The van der Waals surface area contributed by atoms with Crippen molar-refractivity contribution < 1.29 is 14.3 Å². The monoisotopic (exact) mass is 515 g/mol. The third-order valence-corrected chi connectivity index (χ3v) is 9.35. The maximum atomic E-state index is 13.7. The number of hydrogen-bond donors (Lipinski definition) is 1. The van der Waals surface area contributed by atoms with Gasteiger partial charge in [0.05, 0.1) is 17.4 Å². The molecule has 3 heterocycles. The van der Waals surface area contributed by atoms with E-state index in [0.717, 1.165) is 30.8 Å². The summed E-state index contributed by atoms with van der Waals surface area (Å²) < 4.78 is 5.80. The molecule has 6 heteroatoms. The van der Waals surface area contributed by atoms with Gasteiger partial charge in [-0.2, -0.15) is 0 Å². The number of amides is 2. The standard InChI is InChI=1S/C32H41N3O3/c1-21-20-34(32(37)30-14-9-17-38-30)29-18-24(15-16-28(29)35(21)22(2)36)26-19-33-27-13-8-7-12-25(27)31(26)23-10-5-3-4-6-11-23/h7-8,12-13,15-16,18,21,23,26,30-31,33H,3-6,9-11,14,17,19-20H2,1-2H3/t21-,26?,30?,31?/m0/s1. The Bertz CT molecular complexity index is 1180. The summed E-state index contributed by atoms with van der Waals surface area (Å²) in [5, 5.41) is 3.72. The van der Waals surface area contributed by atoms with E-state index in [1.165, 1.54) is 55.3 Å². The van der Waals surface area contributed by atoms with Gasteiger partial charge in [0.15, 0.2) is 0 Å². The number of carbonyl (C=O) groups is 2. The van der Waals surface area contributed by atoms with Crippen molar-refractivity contribution in [3.8, 4) is 0 Å². The van der Waals surface area contributed by atoms with Crippen molar-refractivity contribution in [2.45, 2.75) is 89.2 Å². The number of rotatable bonds is 3. The van der Waals surface area contributed by atoms with Crippen LogP contribution in [0.5, 0.6) is 0 Å². The smallest absolute Gasteiger partial charge is 0.256 e. The molecule has 6 nitrogen and oxygen atoms in total. The van der Waals surface area contributed by atoms with Gasteiger partial charge < -0.3 is 19.9 Å². The van der Waals surface area contributed by atoms with Gasteiger partial charge in [0, 0.05) is 38.2 Å². The average molecular weight is 516 g/mol. The number of carbonyl (C=O) groups excluding carboxylic acids is 2. The van der Waals surface area contributed by atoms with E-state index < -0.39 is 0 Å². The minimum atomic E-state index is -0.385. The van der Waals surface area contributed by atoms with Crippen LogP contribution in [0.3, 0.4) is 0 Å². The van der Waals surface area contributed by atoms with Crippen LogP contribution in [0.1, 0.15) is 88.2 Å². The van der Waals surface area contributed by atoms with Crippen molar-refractivity contribution in [1.29, 1.82) is 0 Å². The average Bonchev–Trinajstić information content (AvgIpc) is 3.34. The second kappa shape index (κ2) is 10.7. The summed E-state index contributed by atoms with van der Waals surface area (Å²) in [6.45, 7) is 5.66. The topological polar surface area (TPSA) is 61.9 Å². The van der Waals surface area contributed by atoms with E-state index in [-0.39, 0.29) is 24.0 Å². The van der Waals surface area contributed by atoms with Crippen LogP contribution in [0.4, 0.5) is 17.1 Å². The Morgan fingerprint density at radius 2 is 1.74 bits per heavy atom. The predicted molar refractivity (Wildman–Crippen MR) is 152 cm³/mol. The quantitative estimate of drug-likeness (QED) is 0.493. The van der Waals surface area contributed by atoms with E-state index in [1.54, 1.807) is 6.92 Å². The molecule has 202 valence electrons. The zero-order chi connectivity index (χ0) is 26.2. The lowest BCUT2D eigenvalue weighted by molar-refractivity contribution is -0.127. The Labute approximate surface area is 226 Å². The van der Waals surface area contributed by atoms with Gasteiger partial charge in [0.2, 0.25) is 5.91 Å². The molecule has 2 aromatic carbocycles. The first-order chi connectivity index (χ1) is 18.5. The van der Waals surface area contributed by atoms with Gasteiger partial charge in [0.1, 0.15) is 6.10 Å². The fourth-order valence-corrected chi connectivity index (χ4v) is 7.60. The fraction of sp³-hybridized carbons (Fsp3) is 0.562. The van der Waals surface area contributed by atoms with Crippen molar-refractivity contribution in [2.24, 2.45) is 5.92 Å². The van der Waals surface area contributed by atoms with E-state index in [1.807, 2.05) is 16.7 Å². The first-order valence-electron chi connectivity index (χ1n) is 14.7. The maximum absolute atomic E-state index is 13.7. The molecule has 0 aromatic heterocycles. The summed E-state index contributed by atoms with van der Waals surface area (Å²) in [6.07, 6.45) is 9.15. The molecule has 38 heavy (non-hydrogen) atoms. The number of fused-ring (bicyclic) bond motifs is 2. The SMILES string of the molecule is CC(=O)N1c2ccc(C3CNc4ccccc4C3C3CCCCCC3)cc2N(C(=O)C2CCCO2)C[C@@H]1C. The lowest BCUT2D eigenvalue weighted by Gasteiger charge is -2.43. The third-order valence-electron chi connectivity index (χ3n) is 9.35. The normalized spacial score (nSPS) is 27.7.